The van der Waals surface area contributed by atoms with Crippen molar-refractivity contribution in [3.63, 3.8) is 0 Å². The third-order valence-corrected chi connectivity index (χ3v) is 16.9. The molecule has 5 heterocycles. The number of benzene rings is 6. The van der Waals surface area contributed by atoms with Crippen LogP contribution in [0, 0.1) is 40.5 Å². The van der Waals surface area contributed by atoms with Gasteiger partial charge in [-0.25, -0.2) is 0 Å². The van der Waals surface area contributed by atoms with E-state index in [0.29, 0.717) is 5.92 Å². The summed E-state index contributed by atoms with van der Waals surface area (Å²) in [5.41, 5.74) is 21.3. The molecule has 2 aliphatic rings. The molecule has 5 heteroatoms. The van der Waals surface area contributed by atoms with Crippen molar-refractivity contribution in [2.45, 2.75) is 93.0 Å². The number of hydrogen-bond acceptors (Lipinski definition) is 1. The zero-order valence-corrected chi connectivity index (χ0v) is 39.4. The summed E-state index contributed by atoms with van der Waals surface area (Å²) in [6.45, 7) is 28.4. The number of imidazole rings is 1. The fourth-order valence-electron chi connectivity index (χ4n) is 11.4. The molecule has 11 rings (SSSR count). The van der Waals surface area contributed by atoms with Gasteiger partial charge in [0.15, 0.2) is 17.2 Å². The zero-order valence-electron chi connectivity index (χ0n) is 38.4. The number of nitrogens with zero attached hydrogens (tertiary/aromatic N) is 3. The molecule has 1 spiro atoms. The van der Waals surface area contributed by atoms with E-state index in [1.165, 1.54) is 100 Å². The highest BCUT2D eigenvalue weighted by atomic mass is 28.3. The Labute approximate surface area is 367 Å². The molecular weight excluding hydrogens is 771 g/mol. The van der Waals surface area contributed by atoms with Gasteiger partial charge in [-0.2, -0.15) is 4.57 Å². The van der Waals surface area contributed by atoms with Crippen molar-refractivity contribution in [2.24, 2.45) is 5.92 Å². The normalized spacial score (nSPS) is 15.6. The molecule has 0 saturated carbocycles. The van der Waals surface area contributed by atoms with Gasteiger partial charge in [-0.1, -0.05) is 114 Å². The van der Waals surface area contributed by atoms with Gasteiger partial charge in [-0.15, -0.1) is 9.13 Å². The van der Waals surface area contributed by atoms with Crippen LogP contribution in [-0.4, -0.2) is 12.6 Å². The average molecular weight is 828 g/mol. The molecular formula is C57H57N3OSi+2. The monoisotopic (exact) mass is 827 g/mol. The fraction of sp³-hybridized carbons (Fsp3) is 0.263. The van der Waals surface area contributed by atoms with Gasteiger partial charge in [0.05, 0.1) is 30.3 Å². The molecule has 0 N–H and O–H groups in total. The first-order chi connectivity index (χ1) is 29.5. The average Bonchev–Trinajstić information content (AvgIpc) is 3.92. The van der Waals surface area contributed by atoms with E-state index in [4.69, 9.17) is 4.42 Å². The Balaban J connectivity index is 1.33. The van der Waals surface area contributed by atoms with Gasteiger partial charge in [0.25, 0.3) is 0 Å². The van der Waals surface area contributed by atoms with Crippen LogP contribution < -0.4 is 14.3 Å². The maximum Gasteiger partial charge on any atom is 0.364 e. The largest absolute Gasteiger partial charge is 0.456 e. The van der Waals surface area contributed by atoms with Gasteiger partial charge in [-0.05, 0) is 133 Å². The highest BCUT2D eigenvalue weighted by Gasteiger charge is 2.67. The highest BCUT2D eigenvalue weighted by Crippen LogP contribution is 2.52. The zero-order chi connectivity index (χ0) is 43.4. The molecule has 308 valence electrons. The second-order valence-corrected chi connectivity index (χ2v) is 25.4. The summed E-state index contributed by atoms with van der Waals surface area (Å²) in [5, 5.41) is 3.79. The van der Waals surface area contributed by atoms with E-state index >= 15 is 0 Å². The van der Waals surface area contributed by atoms with Crippen LogP contribution in [0.4, 0.5) is 0 Å². The molecule has 0 amide bonds. The maximum absolute atomic E-state index is 7.08. The van der Waals surface area contributed by atoms with Gasteiger partial charge < -0.3 is 4.42 Å². The molecule has 4 nitrogen and oxygen atoms in total. The number of fused-ring (bicyclic) bond motifs is 15. The predicted molar refractivity (Wildman–Crippen MR) is 260 cm³/mol. The predicted octanol–water partition coefficient (Wildman–Crippen LogP) is 13.1. The maximum atomic E-state index is 7.08. The van der Waals surface area contributed by atoms with Crippen molar-refractivity contribution in [1.82, 2.24) is 4.57 Å². The standard InChI is InChI=1S/C57H57N3OSi/c1-33(2)56(8,9)46-30-49-41-20-13-14-21-44(41)57(58(49)32-52(46)62(10,11)12)45-31-51-42(40-25-24-39(28-50(40)61-51)53-35(4)18-17-19-36(53)5)29-43(45)55-59(47-22-15-16-23-48(47)60(55)57)54-37(6)26-34(3)27-38(54)7/h13-33H,1-12H3/q+2. The Bertz CT molecular complexity index is 3360. The van der Waals surface area contributed by atoms with Crippen molar-refractivity contribution < 1.29 is 13.6 Å². The number of aromatic nitrogens is 3. The van der Waals surface area contributed by atoms with Crippen LogP contribution in [0.2, 0.25) is 19.6 Å². The lowest BCUT2D eigenvalue weighted by Crippen LogP contribution is -2.72. The van der Waals surface area contributed by atoms with Crippen LogP contribution in [0.3, 0.4) is 0 Å². The van der Waals surface area contributed by atoms with Crippen molar-refractivity contribution in [2.75, 3.05) is 0 Å². The van der Waals surface area contributed by atoms with E-state index in [9.17, 15) is 0 Å². The van der Waals surface area contributed by atoms with Gasteiger partial charge >= 0.3 is 11.5 Å². The molecule has 9 aromatic rings. The molecule has 0 saturated heterocycles. The first-order valence-electron chi connectivity index (χ1n) is 22.5. The first kappa shape index (κ1) is 38.8. The third-order valence-electron chi connectivity index (χ3n) is 14.9. The minimum Gasteiger partial charge on any atom is -0.456 e. The Hall–Kier alpha value is -6.04. The third kappa shape index (κ3) is 5.06. The summed E-state index contributed by atoms with van der Waals surface area (Å²) in [4.78, 5) is 0. The van der Waals surface area contributed by atoms with Crippen molar-refractivity contribution in [1.29, 1.82) is 0 Å². The minimum absolute atomic E-state index is 0.0194. The highest BCUT2D eigenvalue weighted by molar-refractivity contribution is 6.89. The number of aryl methyl sites for hydroxylation is 5. The van der Waals surface area contributed by atoms with E-state index in [-0.39, 0.29) is 5.41 Å². The molecule has 1 unspecified atom stereocenters. The number of hydrogen-bond donors (Lipinski definition) is 0. The summed E-state index contributed by atoms with van der Waals surface area (Å²) in [5.74, 6) is 1.66. The van der Waals surface area contributed by atoms with Crippen LogP contribution in [0.1, 0.15) is 72.2 Å². The van der Waals surface area contributed by atoms with Crippen LogP contribution in [0.15, 0.2) is 126 Å². The molecule has 6 aromatic carbocycles. The van der Waals surface area contributed by atoms with Crippen LogP contribution in [0.5, 0.6) is 0 Å². The van der Waals surface area contributed by atoms with E-state index in [1.807, 2.05) is 0 Å². The van der Waals surface area contributed by atoms with Gasteiger partial charge in [0.2, 0.25) is 5.69 Å². The Kier molecular flexibility index (Phi) is 8.14. The number of pyridine rings is 1. The Morgan fingerprint density at radius 1 is 0.661 bits per heavy atom. The molecule has 3 aromatic heterocycles. The summed E-state index contributed by atoms with van der Waals surface area (Å²) in [6, 6.07) is 43.8. The Morgan fingerprint density at radius 2 is 1.34 bits per heavy atom. The summed E-state index contributed by atoms with van der Waals surface area (Å²) in [7, 11) is -1.91. The summed E-state index contributed by atoms with van der Waals surface area (Å²) < 4.78 is 15.0. The molecule has 1 atom stereocenters. The lowest BCUT2D eigenvalue weighted by Gasteiger charge is -2.34. The summed E-state index contributed by atoms with van der Waals surface area (Å²) in [6.07, 6.45) is 2.60. The van der Waals surface area contributed by atoms with E-state index in [2.05, 4.69) is 217 Å². The molecule has 2 aliphatic heterocycles. The number of para-hydroxylation sites is 2. The van der Waals surface area contributed by atoms with E-state index in [0.717, 1.165) is 21.9 Å². The van der Waals surface area contributed by atoms with Gasteiger partial charge in [0.1, 0.15) is 16.9 Å². The van der Waals surface area contributed by atoms with Crippen molar-refractivity contribution >= 4 is 46.2 Å². The van der Waals surface area contributed by atoms with Crippen LogP contribution in [-0.2, 0) is 11.1 Å². The lowest BCUT2D eigenvalue weighted by atomic mass is 9.75. The fourth-order valence-corrected chi connectivity index (χ4v) is 13.2. The topological polar surface area (TPSA) is 25.8 Å². The molecule has 0 bridgehead atoms. The molecule has 0 fully saturated rings. The lowest BCUT2D eigenvalue weighted by molar-refractivity contribution is -0.944. The van der Waals surface area contributed by atoms with Crippen LogP contribution in [0.25, 0.3) is 72.4 Å². The SMILES string of the molecule is Cc1cc(C)c(-n2c3[n+](c4ccccc42)C2(c4ccccc4-c4cc(C(C)(C)C(C)C)c([Si](C)(C)C)c[n+]42)c2cc4oc5cc(-c6c(C)cccc6C)ccc5c4cc2-3)c(C)c1. The Morgan fingerprint density at radius 3 is 2.05 bits per heavy atom. The number of rotatable bonds is 5. The van der Waals surface area contributed by atoms with E-state index < -0.39 is 13.7 Å². The quantitative estimate of drug-likeness (QED) is 0.125. The van der Waals surface area contributed by atoms with Gasteiger partial charge in [-0.3, -0.25) is 0 Å². The summed E-state index contributed by atoms with van der Waals surface area (Å²) >= 11 is 0. The van der Waals surface area contributed by atoms with Crippen molar-refractivity contribution in [3.05, 3.63) is 166 Å². The van der Waals surface area contributed by atoms with Gasteiger partial charge in [0, 0.05) is 22.0 Å². The minimum atomic E-state index is -1.91. The first-order valence-corrected chi connectivity index (χ1v) is 26.0. The van der Waals surface area contributed by atoms with E-state index in [1.54, 1.807) is 0 Å². The number of furan rings is 1. The van der Waals surface area contributed by atoms with Crippen molar-refractivity contribution in [3.8, 4) is 39.5 Å². The molecule has 0 aliphatic carbocycles. The molecule has 0 radical (unpaired) electrons. The molecule has 62 heavy (non-hydrogen) atoms. The second-order valence-electron chi connectivity index (χ2n) is 20.4. The smallest absolute Gasteiger partial charge is 0.364 e. The second kappa shape index (κ2) is 13.0. The van der Waals surface area contributed by atoms with Crippen LogP contribution >= 0.6 is 0 Å².